The molecule has 3 aromatic rings. The van der Waals surface area contributed by atoms with Crippen molar-refractivity contribution in [3.05, 3.63) is 53.0 Å². The van der Waals surface area contributed by atoms with Gasteiger partial charge in [0.1, 0.15) is 5.82 Å². The van der Waals surface area contributed by atoms with Crippen LogP contribution in [0.15, 0.2) is 47.2 Å². The minimum absolute atomic E-state index is 0.0195. The summed E-state index contributed by atoms with van der Waals surface area (Å²) in [6.07, 6.45) is 3.72. The molecule has 0 aliphatic carbocycles. The molecule has 1 unspecified atom stereocenters. The molecule has 5 nitrogen and oxygen atoms in total. The molecular formula is C13H12BrN5. The van der Waals surface area contributed by atoms with Crippen molar-refractivity contribution in [2.45, 2.75) is 13.0 Å². The smallest absolute Gasteiger partial charge is 0.160 e. The van der Waals surface area contributed by atoms with Crippen molar-refractivity contribution < 1.29 is 0 Å². The molecule has 1 atom stereocenters. The lowest BCUT2D eigenvalue weighted by atomic mass is 10.3. The molecule has 3 aromatic heterocycles. The summed E-state index contributed by atoms with van der Waals surface area (Å²) < 4.78 is 2.93. The van der Waals surface area contributed by atoms with Crippen LogP contribution in [0, 0.1) is 0 Å². The van der Waals surface area contributed by atoms with E-state index in [2.05, 4.69) is 36.4 Å². The van der Waals surface area contributed by atoms with Crippen LogP contribution < -0.4 is 5.32 Å². The first-order chi connectivity index (χ1) is 9.24. The Labute approximate surface area is 118 Å². The molecule has 6 heteroatoms. The average Bonchev–Trinajstić information content (AvgIpc) is 2.85. The van der Waals surface area contributed by atoms with Crippen LogP contribution in [0.4, 0.5) is 5.82 Å². The quantitative estimate of drug-likeness (QED) is 0.806. The van der Waals surface area contributed by atoms with E-state index in [1.807, 2.05) is 47.9 Å². The maximum Gasteiger partial charge on any atom is 0.160 e. The number of hydrogen-bond donors (Lipinski definition) is 1. The Kier molecular flexibility index (Phi) is 3.16. The molecule has 19 heavy (non-hydrogen) atoms. The summed E-state index contributed by atoms with van der Waals surface area (Å²) in [6, 6.07) is 9.73. The van der Waals surface area contributed by atoms with Crippen molar-refractivity contribution >= 4 is 27.4 Å². The van der Waals surface area contributed by atoms with E-state index >= 15 is 0 Å². The van der Waals surface area contributed by atoms with Crippen LogP contribution in [-0.4, -0.2) is 19.6 Å². The highest BCUT2D eigenvalue weighted by atomic mass is 79.9. The first kappa shape index (κ1) is 12.1. The van der Waals surface area contributed by atoms with E-state index in [0.29, 0.717) is 0 Å². The number of hydrogen-bond acceptors (Lipinski definition) is 4. The molecule has 0 aromatic carbocycles. The number of fused-ring (bicyclic) bond motifs is 1. The summed E-state index contributed by atoms with van der Waals surface area (Å²) in [4.78, 5) is 4.29. The van der Waals surface area contributed by atoms with Gasteiger partial charge in [-0.05, 0) is 47.1 Å². The Morgan fingerprint density at radius 1 is 1.21 bits per heavy atom. The lowest BCUT2D eigenvalue weighted by Crippen LogP contribution is -2.11. The highest BCUT2D eigenvalue weighted by molar-refractivity contribution is 9.10. The van der Waals surface area contributed by atoms with Crippen molar-refractivity contribution in [1.29, 1.82) is 0 Å². The first-order valence-electron chi connectivity index (χ1n) is 5.92. The summed E-state index contributed by atoms with van der Waals surface area (Å²) in [7, 11) is 0. The molecule has 0 bridgehead atoms. The highest BCUT2D eigenvalue weighted by Crippen LogP contribution is 2.18. The summed E-state index contributed by atoms with van der Waals surface area (Å²) in [5.74, 6) is 1.67. The van der Waals surface area contributed by atoms with Gasteiger partial charge in [0, 0.05) is 16.9 Å². The van der Waals surface area contributed by atoms with E-state index < -0.39 is 0 Å². The van der Waals surface area contributed by atoms with E-state index in [1.54, 1.807) is 6.20 Å². The fraction of sp³-hybridized carbons (Fsp3) is 0.154. The second-order valence-electron chi connectivity index (χ2n) is 4.21. The first-order valence-corrected chi connectivity index (χ1v) is 6.71. The molecular weight excluding hydrogens is 306 g/mol. The van der Waals surface area contributed by atoms with Gasteiger partial charge in [-0.15, -0.1) is 10.2 Å². The Bertz CT molecular complexity index is 692. The fourth-order valence-electron chi connectivity index (χ4n) is 1.90. The van der Waals surface area contributed by atoms with Gasteiger partial charge in [-0.3, -0.25) is 4.40 Å². The van der Waals surface area contributed by atoms with Crippen LogP contribution in [0.25, 0.3) is 5.65 Å². The Morgan fingerprint density at radius 2 is 2.11 bits per heavy atom. The largest absolute Gasteiger partial charge is 0.360 e. The van der Waals surface area contributed by atoms with Gasteiger partial charge in [0.15, 0.2) is 11.5 Å². The number of nitrogens with zero attached hydrogens (tertiary/aromatic N) is 4. The maximum atomic E-state index is 4.29. The highest BCUT2D eigenvalue weighted by Gasteiger charge is 2.13. The molecule has 0 aliphatic rings. The topological polar surface area (TPSA) is 55.1 Å². The van der Waals surface area contributed by atoms with Crippen molar-refractivity contribution in [3.63, 3.8) is 0 Å². The fourth-order valence-corrected chi connectivity index (χ4v) is 2.14. The molecule has 0 saturated heterocycles. The lowest BCUT2D eigenvalue weighted by Gasteiger charge is -2.12. The van der Waals surface area contributed by atoms with Crippen LogP contribution >= 0.6 is 15.9 Å². The van der Waals surface area contributed by atoms with Gasteiger partial charge in [0.05, 0.1) is 6.04 Å². The summed E-state index contributed by atoms with van der Waals surface area (Å²) in [5.41, 5.74) is 0.843. The Balaban J connectivity index is 1.87. The number of aromatic nitrogens is 4. The standard InChI is InChI=1S/C13H12BrN5/c1-9(16-11-6-5-10(14)8-15-11)13-18-17-12-4-2-3-7-19(12)13/h2-9H,1H3,(H,15,16). The monoisotopic (exact) mass is 317 g/mol. The molecule has 0 saturated carbocycles. The molecule has 3 rings (SSSR count). The summed E-state index contributed by atoms with van der Waals surface area (Å²) in [5, 5.41) is 11.7. The number of pyridine rings is 2. The third kappa shape index (κ3) is 2.44. The second kappa shape index (κ2) is 4.97. The number of nitrogens with one attached hydrogen (secondary N) is 1. The maximum absolute atomic E-state index is 4.29. The van der Waals surface area contributed by atoms with Crippen molar-refractivity contribution in [3.8, 4) is 0 Å². The Hall–Kier alpha value is -1.95. The van der Waals surface area contributed by atoms with Crippen LogP contribution in [0.1, 0.15) is 18.8 Å². The van der Waals surface area contributed by atoms with Gasteiger partial charge < -0.3 is 5.32 Å². The second-order valence-corrected chi connectivity index (χ2v) is 5.13. The zero-order valence-electron chi connectivity index (χ0n) is 10.3. The van der Waals surface area contributed by atoms with Gasteiger partial charge in [-0.2, -0.15) is 0 Å². The molecule has 0 amide bonds. The molecule has 0 radical (unpaired) electrons. The van der Waals surface area contributed by atoms with Crippen molar-refractivity contribution in [2.75, 3.05) is 5.32 Å². The van der Waals surface area contributed by atoms with E-state index in [-0.39, 0.29) is 6.04 Å². The predicted octanol–water partition coefficient (Wildman–Crippen LogP) is 3.06. The SMILES string of the molecule is CC(Nc1ccc(Br)cn1)c1nnc2ccccn12. The van der Waals surface area contributed by atoms with Crippen LogP contribution in [0.2, 0.25) is 0 Å². The van der Waals surface area contributed by atoms with Gasteiger partial charge in [-0.25, -0.2) is 4.98 Å². The molecule has 1 N–H and O–H groups in total. The van der Waals surface area contributed by atoms with E-state index in [4.69, 9.17) is 0 Å². The van der Waals surface area contributed by atoms with Gasteiger partial charge >= 0.3 is 0 Å². The minimum atomic E-state index is 0.0195. The number of halogens is 1. The lowest BCUT2D eigenvalue weighted by molar-refractivity contribution is 0.768. The third-order valence-electron chi connectivity index (χ3n) is 2.82. The van der Waals surface area contributed by atoms with Crippen LogP contribution in [-0.2, 0) is 0 Å². The number of anilines is 1. The molecule has 96 valence electrons. The van der Waals surface area contributed by atoms with Gasteiger partial charge in [-0.1, -0.05) is 6.07 Å². The van der Waals surface area contributed by atoms with E-state index in [0.717, 1.165) is 21.8 Å². The zero-order chi connectivity index (χ0) is 13.2. The van der Waals surface area contributed by atoms with E-state index in [1.165, 1.54) is 0 Å². The normalized spacial score (nSPS) is 12.5. The van der Waals surface area contributed by atoms with Gasteiger partial charge in [0.25, 0.3) is 0 Å². The summed E-state index contributed by atoms with van der Waals surface area (Å²) in [6.45, 7) is 2.03. The van der Waals surface area contributed by atoms with Crippen molar-refractivity contribution in [2.24, 2.45) is 0 Å². The molecule has 0 aliphatic heterocycles. The van der Waals surface area contributed by atoms with Crippen LogP contribution in [0.5, 0.6) is 0 Å². The number of rotatable bonds is 3. The van der Waals surface area contributed by atoms with Crippen LogP contribution in [0.3, 0.4) is 0 Å². The molecule has 0 fully saturated rings. The summed E-state index contributed by atoms with van der Waals surface area (Å²) >= 11 is 3.37. The van der Waals surface area contributed by atoms with Crippen molar-refractivity contribution in [1.82, 2.24) is 19.6 Å². The predicted molar refractivity (Wildman–Crippen MR) is 77.0 cm³/mol. The Morgan fingerprint density at radius 3 is 2.89 bits per heavy atom. The minimum Gasteiger partial charge on any atom is -0.360 e. The third-order valence-corrected chi connectivity index (χ3v) is 3.29. The molecule has 3 heterocycles. The molecule has 0 spiro atoms. The van der Waals surface area contributed by atoms with E-state index in [9.17, 15) is 0 Å². The zero-order valence-corrected chi connectivity index (χ0v) is 11.9. The average molecular weight is 318 g/mol. The van der Waals surface area contributed by atoms with Gasteiger partial charge in [0.2, 0.25) is 0 Å².